The molecule has 1 aromatic rings. The maximum Gasteiger partial charge on any atom is 0.0335 e. The van der Waals surface area contributed by atoms with E-state index in [1.165, 1.54) is 29.7 Å². The normalized spacial score (nSPS) is 20.3. The highest BCUT2D eigenvalue weighted by Crippen LogP contribution is 2.26. The molecule has 0 bridgehead atoms. The molecule has 1 fully saturated rings. The molecule has 0 unspecified atom stereocenters. The van der Waals surface area contributed by atoms with E-state index in [0.29, 0.717) is 6.04 Å². The highest BCUT2D eigenvalue weighted by molar-refractivity contribution is 5.85. The van der Waals surface area contributed by atoms with Gasteiger partial charge in [0.25, 0.3) is 0 Å². The number of hydrogen-bond donors (Lipinski definition) is 1. The lowest BCUT2D eigenvalue weighted by Crippen LogP contribution is -2.35. The second kappa shape index (κ2) is 4.12. The summed E-state index contributed by atoms with van der Waals surface area (Å²) < 4.78 is 0. The lowest BCUT2D eigenvalue weighted by atomic mass is 9.93. The fourth-order valence-corrected chi connectivity index (χ4v) is 1.69. The first-order chi connectivity index (χ1) is 5.77. The van der Waals surface area contributed by atoms with Crippen LogP contribution in [0.25, 0.3) is 0 Å². The summed E-state index contributed by atoms with van der Waals surface area (Å²) in [5.74, 6) is 0. The molecule has 1 aliphatic rings. The number of rotatable bonds is 1. The molecule has 1 heterocycles. The molecule has 0 saturated carbocycles. The minimum absolute atomic E-state index is 0. The summed E-state index contributed by atoms with van der Waals surface area (Å²) in [7, 11) is 0. The molecule has 0 spiro atoms. The van der Waals surface area contributed by atoms with Crippen LogP contribution in [0.5, 0.6) is 0 Å². The molecule has 1 aliphatic heterocycles. The van der Waals surface area contributed by atoms with Crippen LogP contribution in [-0.2, 0) is 0 Å². The van der Waals surface area contributed by atoms with Crippen LogP contribution in [-0.4, -0.2) is 6.54 Å². The number of halogens is 1. The van der Waals surface area contributed by atoms with Crippen molar-refractivity contribution in [1.29, 1.82) is 0 Å². The number of nitrogens with one attached hydrogen (secondary N) is 1. The van der Waals surface area contributed by atoms with Crippen molar-refractivity contribution in [3.8, 4) is 0 Å². The van der Waals surface area contributed by atoms with E-state index in [-0.39, 0.29) is 12.4 Å². The van der Waals surface area contributed by atoms with Crippen LogP contribution < -0.4 is 5.32 Å². The van der Waals surface area contributed by atoms with Gasteiger partial charge in [-0.2, -0.15) is 0 Å². The van der Waals surface area contributed by atoms with E-state index in [4.69, 9.17) is 0 Å². The standard InChI is InChI=1S/C11H15N.ClH/c1-8-3-4-9(2)10(7-8)11-5-6-12-11;/h3-4,7,11-12H,5-6H2,1-2H3;1H/t11-;/m0./s1. The summed E-state index contributed by atoms with van der Waals surface area (Å²) in [6.45, 7) is 5.52. The molecule has 1 N–H and O–H groups in total. The van der Waals surface area contributed by atoms with E-state index in [0.717, 1.165) is 0 Å². The van der Waals surface area contributed by atoms with Crippen LogP contribution in [0.1, 0.15) is 29.2 Å². The Balaban J connectivity index is 0.000000845. The molecule has 13 heavy (non-hydrogen) atoms. The van der Waals surface area contributed by atoms with Crippen molar-refractivity contribution >= 4 is 12.4 Å². The van der Waals surface area contributed by atoms with Gasteiger partial charge < -0.3 is 5.32 Å². The first-order valence-corrected chi connectivity index (χ1v) is 4.58. The Labute approximate surface area is 86.0 Å². The summed E-state index contributed by atoms with van der Waals surface area (Å²) in [4.78, 5) is 0. The van der Waals surface area contributed by atoms with Gasteiger partial charge in [-0.3, -0.25) is 0 Å². The molecule has 2 rings (SSSR count). The Morgan fingerprint density at radius 3 is 2.54 bits per heavy atom. The molecule has 72 valence electrons. The zero-order chi connectivity index (χ0) is 8.55. The van der Waals surface area contributed by atoms with Gasteiger partial charge in [0.15, 0.2) is 0 Å². The lowest BCUT2D eigenvalue weighted by molar-refractivity contribution is 0.382. The molecule has 0 aromatic heterocycles. The summed E-state index contributed by atoms with van der Waals surface area (Å²) >= 11 is 0. The smallest absolute Gasteiger partial charge is 0.0335 e. The zero-order valence-corrected chi connectivity index (χ0v) is 8.95. The Kier molecular flexibility index (Phi) is 3.34. The number of aryl methyl sites for hydroxylation is 2. The minimum atomic E-state index is 0. The second-order valence-electron chi connectivity index (χ2n) is 3.66. The molecule has 0 aliphatic carbocycles. The van der Waals surface area contributed by atoms with Crippen molar-refractivity contribution in [1.82, 2.24) is 5.32 Å². The van der Waals surface area contributed by atoms with Gasteiger partial charge in [-0.15, -0.1) is 12.4 Å². The molecule has 1 nitrogen and oxygen atoms in total. The predicted molar refractivity (Wildman–Crippen MR) is 58.5 cm³/mol. The number of benzene rings is 1. The highest BCUT2D eigenvalue weighted by Gasteiger charge is 2.19. The van der Waals surface area contributed by atoms with E-state index in [2.05, 4.69) is 37.4 Å². The first-order valence-electron chi connectivity index (χ1n) is 4.58. The molecule has 1 aromatic carbocycles. The van der Waals surface area contributed by atoms with E-state index in [9.17, 15) is 0 Å². The Morgan fingerprint density at radius 1 is 1.31 bits per heavy atom. The van der Waals surface area contributed by atoms with Gasteiger partial charge in [0.1, 0.15) is 0 Å². The van der Waals surface area contributed by atoms with E-state index >= 15 is 0 Å². The molecule has 1 atom stereocenters. The van der Waals surface area contributed by atoms with Crippen molar-refractivity contribution in [3.05, 3.63) is 34.9 Å². The largest absolute Gasteiger partial charge is 0.310 e. The molecule has 0 amide bonds. The van der Waals surface area contributed by atoms with Crippen LogP contribution in [0, 0.1) is 13.8 Å². The summed E-state index contributed by atoms with van der Waals surface area (Å²) in [5.41, 5.74) is 4.27. The Morgan fingerprint density at radius 2 is 2.00 bits per heavy atom. The quantitative estimate of drug-likeness (QED) is 0.730. The minimum Gasteiger partial charge on any atom is -0.310 e. The maximum absolute atomic E-state index is 3.43. The van der Waals surface area contributed by atoms with Gasteiger partial charge in [-0.25, -0.2) is 0 Å². The summed E-state index contributed by atoms with van der Waals surface area (Å²) in [5, 5.41) is 3.43. The highest BCUT2D eigenvalue weighted by atomic mass is 35.5. The average molecular weight is 198 g/mol. The summed E-state index contributed by atoms with van der Waals surface area (Å²) in [6.07, 6.45) is 1.30. The van der Waals surface area contributed by atoms with E-state index in [1.807, 2.05) is 0 Å². The van der Waals surface area contributed by atoms with E-state index < -0.39 is 0 Å². The van der Waals surface area contributed by atoms with Gasteiger partial charge in [0.2, 0.25) is 0 Å². The van der Waals surface area contributed by atoms with Crippen molar-refractivity contribution < 1.29 is 0 Å². The third kappa shape index (κ3) is 2.04. The van der Waals surface area contributed by atoms with Crippen molar-refractivity contribution in [2.75, 3.05) is 6.54 Å². The van der Waals surface area contributed by atoms with Gasteiger partial charge in [0.05, 0.1) is 0 Å². The van der Waals surface area contributed by atoms with Gasteiger partial charge in [-0.05, 0) is 37.9 Å². The second-order valence-corrected chi connectivity index (χ2v) is 3.66. The fourth-order valence-electron chi connectivity index (χ4n) is 1.69. The summed E-state index contributed by atoms with van der Waals surface area (Å²) in [6, 6.07) is 7.32. The van der Waals surface area contributed by atoms with Crippen LogP contribution in [0.3, 0.4) is 0 Å². The lowest BCUT2D eigenvalue weighted by Gasteiger charge is -2.29. The third-order valence-electron chi connectivity index (χ3n) is 2.63. The van der Waals surface area contributed by atoms with Crippen LogP contribution >= 0.6 is 12.4 Å². The fraction of sp³-hybridized carbons (Fsp3) is 0.455. The van der Waals surface area contributed by atoms with E-state index in [1.54, 1.807) is 0 Å². The maximum atomic E-state index is 3.43. The van der Waals surface area contributed by atoms with Gasteiger partial charge in [0, 0.05) is 6.04 Å². The van der Waals surface area contributed by atoms with Gasteiger partial charge in [-0.1, -0.05) is 23.8 Å². The van der Waals surface area contributed by atoms with Gasteiger partial charge >= 0.3 is 0 Å². The number of hydrogen-bond acceptors (Lipinski definition) is 1. The van der Waals surface area contributed by atoms with Crippen LogP contribution in [0.2, 0.25) is 0 Å². The molecule has 0 radical (unpaired) electrons. The van der Waals surface area contributed by atoms with Crippen LogP contribution in [0.4, 0.5) is 0 Å². The molecule has 2 heteroatoms. The Hall–Kier alpha value is -0.530. The predicted octanol–water partition coefficient (Wildman–Crippen LogP) is 2.76. The molecule has 1 saturated heterocycles. The zero-order valence-electron chi connectivity index (χ0n) is 8.13. The molecular formula is C11H16ClN. The topological polar surface area (TPSA) is 12.0 Å². The average Bonchev–Trinajstić information content (AvgIpc) is 1.93. The Bertz CT molecular complexity index is 292. The van der Waals surface area contributed by atoms with Crippen LogP contribution in [0.15, 0.2) is 18.2 Å². The molecular weight excluding hydrogens is 182 g/mol. The third-order valence-corrected chi connectivity index (χ3v) is 2.63. The first kappa shape index (κ1) is 10.6. The van der Waals surface area contributed by atoms with Crippen molar-refractivity contribution in [2.24, 2.45) is 0 Å². The monoisotopic (exact) mass is 197 g/mol. The SMILES string of the molecule is Cc1ccc(C)c([C@@H]2CCN2)c1.Cl. The van der Waals surface area contributed by atoms with Crippen molar-refractivity contribution in [3.63, 3.8) is 0 Å². The van der Waals surface area contributed by atoms with Crippen molar-refractivity contribution in [2.45, 2.75) is 26.3 Å².